The van der Waals surface area contributed by atoms with Gasteiger partial charge in [0.05, 0.1) is 10.8 Å². The summed E-state index contributed by atoms with van der Waals surface area (Å²) in [6.07, 6.45) is 1.79. The highest BCUT2D eigenvalue weighted by Crippen LogP contribution is 2.32. The number of fused-ring (bicyclic) bond motifs is 1. The van der Waals surface area contributed by atoms with Crippen molar-refractivity contribution in [3.8, 4) is 16.9 Å². The molecule has 1 amide bonds. The number of hydrogen-bond donors (Lipinski definition) is 2. The minimum Gasteiger partial charge on any atom is -0.481 e. The maximum atomic E-state index is 12.9. The molecular formula is C26H28N2O5. The number of benzene rings is 2. The van der Waals surface area contributed by atoms with Crippen molar-refractivity contribution in [2.75, 3.05) is 13.1 Å². The topological polar surface area (TPSA) is 99.7 Å². The van der Waals surface area contributed by atoms with Crippen molar-refractivity contribution in [3.63, 3.8) is 0 Å². The molecule has 1 aromatic heterocycles. The lowest BCUT2D eigenvalue weighted by atomic mass is 9.80. The van der Waals surface area contributed by atoms with Gasteiger partial charge in [0.1, 0.15) is 5.75 Å². The van der Waals surface area contributed by atoms with Crippen LogP contribution in [0.15, 0.2) is 53.5 Å². The van der Waals surface area contributed by atoms with Crippen molar-refractivity contribution in [3.05, 3.63) is 64.6 Å². The van der Waals surface area contributed by atoms with E-state index in [2.05, 4.69) is 4.98 Å². The SMILES string of the molecule is Cc1ccccc1-c1c[nH]c(=O)c2cc(O[C@H](C)C(=O)N3CCC(C)(C(=O)O)CC3)ccc12. The molecule has 7 nitrogen and oxygen atoms in total. The summed E-state index contributed by atoms with van der Waals surface area (Å²) in [5, 5.41) is 10.7. The summed E-state index contributed by atoms with van der Waals surface area (Å²) < 4.78 is 5.90. The Balaban J connectivity index is 1.54. The van der Waals surface area contributed by atoms with Crippen LogP contribution in [0, 0.1) is 12.3 Å². The number of rotatable bonds is 5. The van der Waals surface area contributed by atoms with Crippen LogP contribution in [0.1, 0.15) is 32.3 Å². The van der Waals surface area contributed by atoms with E-state index >= 15 is 0 Å². The van der Waals surface area contributed by atoms with Crippen molar-refractivity contribution >= 4 is 22.6 Å². The summed E-state index contributed by atoms with van der Waals surface area (Å²) in [6, 6.07) is 13.3. The van der Waals surface area contributed by atoms with Gasteiger partial charge in [-0.2, -0.15) is 0 Å². The minimum absolute atomic E-state index is 0.190. The summed E-state index contributed by atoms with van der Waals surface area (Å²) in [6.45, 7) is 6.18. The minimum atomic E-state index is -0.828. The summed E-state index contributed by atoms with van der Waals surface area (Å²) in [4.78, 5) is 41.3. The molecule has 33 heavy (non-hydrogen) atoms. The molecule has 0 saturated carbocycles. The first-order valence-electron chi connectivity index (χ1n) is 11.1. The second-order valence-electron chi connectivity index (χ2n) is 9.00. The van der Waals surface area contributed by atoms with E-state index in [0.717, 1.165) is 22.1 Å². The molecule has 2 aromatic carbocycles. The molecule has 0 bridgehead atoms. The Labute approximate surface area is 192 Å². The lowest BCUT2D eigenvalue weighted by Gasteiger charge is -2.37. The molecule has 4 rings (SSSR count). The van der Waals surface area contributed by atoms with Gasteiger partial charge in [-0.3, -0.25) is 14.4 Å². The maximum absolute atomic E-state index is 12.9. The molecule has 0 radical (unpaired) electrons. The standard InChI is InChI=1S/C26H28N2O5/c1-16-6-4-5-7-19(16)22-15-27-23(29)21-14-18(8-9-20(21)22)33-17(2)24(30)28-12-10-26(3,11-13-28)25(31)32/h4-9,14-15,17H,10-13H2,1-3H3,(H,27,29)(H,31,32)/t17-/m1/s1. The predicted octanol–water partition coefficient (Wildman–Crippen LogP) is 3.98. The van der Waals surface area contributed by atoms with E-state index in [9.17, 15) is 19.5 Å². The zero-order valence-electron chi connectivity index (χ0n) is 19.1. The van der Waals surface area contributed by atoms with Crippen LogP contribution in [0.4, 0.5) is 0 Å². The van der Waals surface area contributed by atoms with Gasteiger partial charge in [0.25, 0.3) is 11.5 Å². The molecule has 3 aromatic rings. The van der Waals surface area contributed by atoms with Gasteiger partial charge in [-0.1, -0.05) is 24.3 Å². The Morgan fingerprint density at radius 1 is 1.09 bits per heavy atom. The van der Waals surface area contributed by atoms with E-state index in [1.165, 1.54) is 0 Å². The van der Waals surface area contributed by atoms with Gasteiger partial charge in [-0.05, 0) is 68.3 Å². The molecule has 1 saturated heterocycles. The molecule has 172 valence electrons. The first kappa shape index (κ1) is 22.6. The van der Waals surface area contributed by atoms with Crippen LogP contribution in [0.2, 0.25) is 0 Å². The average Bonchev–Trinajstić information content (AvgIpc) is 2.80. The van der Waals surface area contributed by atoms with Crippen LogP contribution < -0.4 is 10.3 Å². The van der Waals surface area contributed by atoms with E-state index in [-0.39, 0.29) is 11.5 Å². The Bertz CT molecular complexity index is 1270. The average molecular weight is 449 g/mol. The number of carboxylic acids is 1. The van der Waals surface area contributed by atoms with Crippen molar-refractivity contribution < 1.29 is 19.4 Å². The highest BCUT2D eigenvalue weighted by Gasteiger charge is 2.39. The number of aromatic nitrogens is 1. The summed E-state index contributed by atoms with van der Waals surface area (Å²) in [5.41, 5.74) is 2.04. The fourth-order valence-electron chi connectivity index (χ4n) is 4.36. The lowest BCUT2D eigenvalue weighted by molar-refractivity contribution is -0.154. The largest absolute Gasteiger partial charge is 0.481 e. The molecular weight excluding hydrogens is 420 g/mol. The smallest absolute Gasteiger partial charge is 0.309 e. The van der Waals surface area contributed by atoms with E-state index in [1.807, 2.05) is 37.3 Å². The number of hydrogen-bond acceptors (Lipinski definition) is 4. The monoisotopic (exact) mass is 448 g/mol. The second-order valence-corrected chi connectivity index (χ2v) is 9.00. The maximum Gasteiger partial charge on any atom is 0.309 e. The molecule has 0 aliphatic carbocycles. The van der Waals surface area contributed by atoms with E-state index in [0.29, 0.717) is 37.1 Å². The van der Waals surface area contributed by atoms with E-state index in [4.69, 9.17) is 4.74 Å². The van der Waals surface area contributed by atoms with Gasteiger partial charge in [0.2, 0.25) is 0 Å². The van der Waals surface area contributed by atoms with Gasteiger partial charge in [-0.15, -0.1) is 0 Å². The highest BCUT2D eigenvalue weighted by atomic mass is 16.5. The number of carboxylic acid groups (broad SMARTS) is 1. The summed E-state index contributed by atoms with van der Waals surface area (Å²) >= 11 is 0. The molecule has 1 aliphatic rings. The highest BCUT2D eigenvalue weighted by molar-refractivity contribution is 5.97. The summed E-state index contributed by atoms with van der Waals surface area (Å²) in [7, 11) is 0. The van der Waals surface area contributed by atoms with Gasteiger partial charge in [0, 0.05) is 24.8 Å². The number of aliphatic carboxylic acids is 1. The fraction of sp³-hybridized carbons (Fsp3) is 0.346. The first-order valence-corrected chi connectivity index (χ1v) is 11.1. The van der Waals surface area contributed by atoms with Crippen LogP contribution in [0.3, 0.4) is 0 Å². The van der Waals surface area contributed by atoms with Crippen molar-refractivity contribution in [1.82, 2.24) is 9.88 Å². The van der Waals surface area contributed by atoms with Gasteiger partial charge < -0.3 is 19.7 Å². The quantitative estimate of drug-likeness (QED) is 0.615. The molecule has 0 unspecified atom stereocenters. The number of nitrogens with zero attached hydrogens (tertiary/aromatic N) is 1. The fourth-order valence-corrected chi connectivity index (χ4v) is 4.36. The molecule has 1 aliphatic heterocycles. The lowest BCUT2D eigenvalue weighted by Crippen LogP contribution is -2.48. The first-order chi connectivity index (χ1) is 15.7. The van der Waals surface area contributed by atoms with Crippen LogP contribution in [0.5, 0.6) is 5.75 Å². The number of carbonyl (C=O) groups is 2. The number of piperidine rings is 1. The Morgan fingerprint density at radius 3 is 2.45 bits per heavy atom. The zero-order chi connectivity index (χ0) is 23.8. The zero-order valence-corrected chi connectivity index (χ0v) is 19.1. The third-order valence-corrected chi connectivity index (χ3v) is 6.66. The Kier molecular flexibility index (Phi) is 5.97. The predicted molar refractivity (Wildman–Crippen MR) is 126 cm³/mol. The Morgan fingerprint density at radius 2 is 1.79 bits per heavy atom. The van der Waals surface area contributed by atoms with Crippen molar-refractivity contribution in [2.24, 2.45) is 5.41 Å². The Hall–Kier alpha value is -3.61. The number of aryl methyl sites for hydroxylation is 1. The molecule has 2 heterocycles. The van der Waals surface area contributed by atoms with Crippen molar-refractivity contribution in [2.45, 2.75) is 39.7 Å². The number of carbonyl (C=O) groups excluding carboxylic acids is 1. The number of aromatic amines is 1. The van der Waals surface area contributed by atoms with Crippen LogP contribution >= 0.6 is 0 Å². The molecule has 0 spiro atoms. The number of likely N-dealkylation sites (tertiary alicyclic amines) is 1. The molecule has 2 N–H and O–H groups in total. The molecule has 7 heteroatoms. The van der Waals surface area contributed by atoms with Crippen LogP contribution in [-0.2, 0) is 9.59 Å². The number of pyridine rings is 1. The van der Waals surface area contributed by atoms with Gasteiger partial charge >= 0.3 is 5.97 Å². The number of nitrogens with one attached hydrogen (secondary N) is 1. The number of amides is 1. The van der Waals surface area contributed by atoms with Gasteiger partial charge in [-0.25, -0.2) is 0 Å². The normalized spacial score (nSPS) is 16.4. The van der Waals surface area contributed by atoms with Crippen LogP contribution in [0.25, 0.3) is 21.9 Å². The molecule has 1 fully saturated rings. The third-order valence-electron chi connectivity index (χ3n) is 6.66. The van der Waals surface area contributed by atoms with Crippen molar-refractivity contribution in [1.29, 1.82) is 0 Å². The summed E-state index contributed by atoms with van der Waals surface area (Å²) in [5.74, 6) is -0.585. The second kappa shape index (κ2) is 8.73. The third kappa shape index (κ3) is 4.35. The van der Waals surface area contributed by atoms with Crippen LogP contribution in [-0.4, -0.2) is 46.1 Å². The number of H-pyrrole nitrogens is 1. The van der Waals surface area contributed by atoms with Gasteiger partial charge in [0.15, 0.2) is 6.10 Å². The van der Waals surface area contributed by atoms with E-state index in [1.54, 1.807) is 37.1 Å². The molecule has 1 atom stereocenters. The number of ether oxygens (including phenoxy) is 1. The van der Waals surface area contributed by atoms with E-state index < -0.39 is 17.5 Å².